The summed E-state index contributed by atoms with van der Waals surface area (Å²) in [5.41, 5.74) is 5.48. The van der Waals surface area contributed by atoms with Gasteiger partial charge in [-0.3, -0.25) is 15.6 Å². The van der Waals surface area contributed by atoms with Crippen LogP contribution in [0.15, 0.2) is 24.3 Å². The van der Waals surface area contributed by atoms with Gasteiger partial charge in [0.2, 0.25) is 0 Å². The van der Waals surface area contributed by atoms with Crippen molar-refractivity contribution in [1.82, 2.24) is 16.2 Å². The van der Waals surface area contributed by atoms with Crippen molar-refractivity contribution < 1.29 is 9.18 Å². The van der Waals surface area contributed by atoms with E-state index < -0.39 is 5.82 Å². The van der Waals surface area contributed by atoms with Crippen molar-refractivity contribution in [3.05, 3.63) is 30.1 Å². The average molecular weight is 338 g/mol. The minimum Gasteiger partial charge on any atom is -0.374 e. The van der Waals surface area contributed by atoms with Crippen LogP contribution in [0, 0.1) is 11.7 Å². The fraction of sp³-hybridized carbons (Fsp3) is 0.500. The summed E-state index contributed by atoms with van der Waals surface area (Å²) in [6, 6.07) is 6.55. The van der Waals surface area contributed by atoms with E-state index in [1.54, 1.807) is 18.2 Å². The molecule has 0 heterocycles. The first-order valence-corrected chi connectivity index (χ1v) is 8.31. The van der Waals surface area contributed by atoms with E-state index in [-0.39, 0.29) is 12.5 Å². The van der Waals surface area contributed by atoms with Gasteiger partial charge in [0.05, 0.1) is 12.2 Å². The molecule has 0 radical (unpaired) electrons. The summed E-state index contributed by atoms with van der Waals surface area (Å²) in [4.78, 5) is 11.7. The molecule has 1 aromatic rings. The third kappa shape index (κ3) is 5.67. The Hall–Kier alpha value is -1.89. The Morgan fingerprint density at radius 2 is 2.00 bits per heavy atom. The van der Waals surface area contributed by atoms with E-state index in [0.29, 0.717) is 22.8 Å². The number of thiocarbonyl (C=S) groups is 1. The zero-order valence-corrected chi connectivity index (χ0v) is 14.0. The third-order valence-electron chi connectivity index (χ3n) is 4.06. The number of amides is 1. The quantitative estimate of drug-likeness (QED) is 0.501. The Balaban J connectivity index is 1.67. The fourth-order valence-electron chi connectivity index (χ4n) is 2.69. The van der Waals surface area contributed by atoms with Crippen LogP contribution in [0.4, 0.5) is 10.1 Å². The van der Waals surface area contributed by atoms with Gasteiger partial charge in [-0.15, -0.1) is 0 Å². The van der Waals surface area contributed by atoms with Crippen LogP contribution in [-0.4, -0.2) is 23.6 Å². The first-order chi connectivity index (χ1) is 11.1. The van der Waals surface area contributed by atoms with E-state index in [1.807, 2.05) is 0 Å². The van der Waals surface area contributed by atoms with Crippen LogP contribution in [-0.2, 0) is 4.79 Å². The summed E-state index contributed by atoms with van der Waals surface area (Å²) in [7, 11) is 0. The number of benzene rings is 1. The number of carbonyl (C=O) groups excluding carboxylic acids is 1. The molecule has 1 saturated carbocycles. The largest absolute Gasteiger partial charge is 0.374 e. The highest BCUT2D eigenvalue weighted by Gasteiger charge is 2.21. The zero-order chi connectivity index (χ0) is 16.7. The van der Waals surface area contributed by atoms with Crippen molar-refractivity contribution >= 4 is 28.9 Å². The monoisotopic (exact) mass is 338 g/mol. The molecule has 1 aromatic carbocycles. The molecule has 1 fully saturated rings. The van der Waals surface area contributed by atoms with Gasteiger partial charge in [-0.05, 0) is 43.1 Å². The van der Waals surface area contributed by atoms with E-state index in [9.17, 15) is 9.18 Å². The highest BCUT2D eigenvalue weighted by molar-refractivity contribution is 7.80. The molecule has 0 spiro atoms. The SMILES string of the molecule is C[C@@H]1CCCC[C@H]1NC(=S)NNC(=O)CNc1ccccc1F. The van der Waals surface area contributed by atoms with E-state index in [2.05, 4.69) is 28.4 Å². The fourth-order valence-corrected chi connectivity index (χ4v) is 2.89. The van der Waals surface area contributed by atoms with Crippen LogP contribution in [0.2, 0.25) is 0 Å². The molecular formula is C16H23FN4OS. The predicted molar refractivity (Wildman–Crippen MR) is 93.3 cm³/mol. The smallest absolute Gasteiger partial charge is 0.257 e. The molecule has 1 amide bonds. The number of nitrogens with one attached hydrogen (secondary N) is 4. The zero-order valence-electron chi connectivity index (χ0n) is 13.2. The first kappa shape index (κ1) is 17.5. The molecule has 7 heteroatoms. The third-order valence-corrected chi connectivity index (χ3v) is 4.28. The Bertz CT molecular complexity index is 555. The average Bonchev–Trinajstić information content (AvgIpc) is 2.54. The lowest BCUT2D eigenvalue weighted by Gasteiger charge is -2.30. The summed E-state index contributed by atoms with van der Waals surface area (Å²) in [5, 5.41) is 6.37. The molecule has 23 heavy (non-hydrogen) atoms. The molecule has 126 valence electrons. The number of hydrogen-bond acceptors (Lipinski definition) is 3. The second-order valence-corrected chi connectivity index (χ2v) is 6.26. The van der Waals surface area contributed by atoms with Crippen LogP contribution < -0.4 is 21.5 Å². The normalized spacial score (nSPS) is 20.4. The Labute approximate surface area is 141 Å². The van der Waals surface area contributed by atoms with Crippen molar-refractivity contribution in [2.45, 2.75) is 38.6 Å². The van der Waals surface area contributed by atoms with Crippen molar-refractivity contribution in [3.8, 4) is 0 Å². The topological polar surface area (TPSA) is 65.2 Å². The van der Waals surface area contributed by atoms with Gasteiger partial charge in [-0.25, -0.2) is 4.39 Å². The number of anilines is 1. The molecular weight excluding hydrogens is 315 g/mol. The molecule has 5 nitrogen and oxygen atoms in total. The molecule has 2 rings (SSSR count). The van der Waals surface area contributed by atoms with Gasteiger partial charge in [-0.2, -0.15) is 0 Å². The number of carbonyl (C=O) groups is 1. The highest BCUT2D eigenvalue weighted by Crippen LogP contribution is 2.23. The van der Waals surface area contributed by atoms with E-state index in [1.165, 1.54) is 25.3 Å². The van der Waals surface area contributed by atoms with E-state index in [0.717, 1.165) is 6.42 Å². The highest BCUT2D eigenvalue weighted by atomic mass is 32.1. The lowest BCUT2D eigenvalue weighted by atomic mass is 9.86. The minimum absolute atomic E-state index is 0.0453. The van der Waals surface area contributed by atoms with Crippen molar-refractivity contribution in [1.29, 1.82) is 0 Å². The van der Waals surface area contributed by atoms with E-state index >= 15 is 0 Å². The maximum Gasteiger partial charge on any atom is 0.257 e. The maximum absolute atomic E-state index is 13.4. The molecule has 0 unspecified atom stereocenters. The molecule has 1 aliphatic rings. The van der Waals surface area contributed by atoms with Crippen LogP contribution in [0.1, 0.15) is 32.6 Å². The maximum atomic E-state index is 13.4. The number of hydrazine groups is 1. The van der Waals surface area contributed by atoms with Crippen LogP contribution in [0.5, 0.6) is 0 Å². The van der Waals surface area contributed by atoms with Gasteiger partial charge in [0.25, 0.3) is 5.91 Å². The Morgan fingerprint density at radius 3 is 2.74 bits per heavy atom. The summed E-state index contributed by atoms with van der Waals surface area (Å²) in [6.07, 6.45) is 4.74. The van der Waals surface area contributed by atoms with Crippen molar-refractivity contribution in [2.75, 3.05) is 11.9 Å². The summed E-state index contributed by atoms with van der Waals surface area (Å²) in [5.74, 6) is -0.146. The predicted octanol–water partition coefficient (Wildman–Crippen LogP) is 2.31. The van der Waals surface area contributed by atoms with Crippen molar-refractivity contribution in [2.24, 2.45) is 5.92 Å². The van der Waals surface area contributed by atoms with E-state index in [4.69, 9.17) is 12.2 Å². The Kier molecular flexibility index (Phi) is 6.58. The molecule has 0 aromatic heterocycles. The molecule has 4 N–H and O–H groups in total. The second kappa shape index (κ2) is 8.67. The van der Waals surface area contributed by atoms with Gasteiger partial charge in [-0.1, -0.05) is 31.9 Å². The van der Waals surface area contributed by atoms with Gasteiger partial charge >= 0.3 is 0 Å². The van der Waals surface area contributed by atoms with Crippen LogP contribution >= 0.6 is 12.2 Å². The summed E-state index contributed by atoms with van der Waals surface area (Å²) in [6.45, 7) is 2.16. The van der Waals surface area contributed by atoms with Gasteiger partial charge in [0.1, 0.15) is 5.82 Å². The lowest BCUT2D eigenvalue weighted by Crippen LogP contribution is -2.52. The van der Waals surface area contributed by atoms with Gasteiger partial charge in [0.15, 0.2) is 5.11 Å². The summed E-state index contributed by atoms with van der Waals surface area (Å²) >= 11 is 5.19. The lowest BCUT2D eigenvalue weighted by molar-refractivity contribution is -0.119. The summed E-state index contributed by atoms with van der Waals surface area (Å²) < 4.78 is 13.4. The second-order valence-electron chi connectivity index (χ2n) is 5.85. The first-order valence-electron chi connectivity index (χ1n) is 7.90. The van der Waals surface area contributed by atoms with Crippen LogP contribution in [0.25, 0.3) is 0 Å². The number of rotatable bonds is 4. The van der Waals surface area contributed by atoms with Crippen LogP contribution in [0.3, 0.4) is 0 Å². The molecule has 0 bridgehead atoms. The number of halogens is 1. The molecule has 2 atom stereocenters. The van der Waals surface area contributed by atoms with Gasteiger partial charge in [0, 0.05) is 6.04 Å². The van der Waals surface area contributed by atoms with Gasteiger partial charge < -0.3 is 10.6 Å². The molecule has 0 aliphatic heterocycles. The number of para-hydroxylation sites is 1. The molecule has 0 saturated heterocycles. The Morgan fingerprint density at radius 1 is 1.26 bits per heavy atom. The number of hydrogen-bond donors (Lipinski definition) is 4. The minimum atomic E-state index is -0.392. The standard InChI is InChI=1S/C16H23FN4OS/c1-11-6-2-4-8-13(11)19-16(23)21-20-15(22)10-18-14-9-5-3-7-12(14)17/h3,5,7,9,11,13,18H,2,4,6,8,10H2,1H3,(H,20,22)(H2,19,21,23)/t11-,13-/m1/s1. The van der Waals surface area contributed by atoms with Crippen molar-refractivity contribution in [3.63, 3.8) is 0 Å². The molecule has 1 aliphatic carbocycles.